The maximum absolute atomic E-state index is 11.6. The number of fused-ring (bicyclic) bond motifs is 4. The third kappa shape index (κ3) is 6.18. The first-order valence-electron chi connectivity index (χ1n) is 11.7. The van der Waals surface area contributed by atoms with Crippen LogP contribution in [0.1, 0.15) is 36.8 Å². The molecule has 0 spiro atoms. The highest BCUT2D eigenvalue weighted by atomic mass is 32.2. The molecule has 2 aliphatic heterocycles. The van der Waals surface area contributed by atoms with Crippen LogP contribution >= 0.6 is 11.8 Å². The van der Waals surface area contributed by atoms with Crippen molar-refractivity contribution in [1.82, 2.24) is 10.6 Å². The summed E-state index contributed by atoms with van der Waals surface area (Å²) in [6, 6.07) is 15.3. The van der Waals surface area contributed by atoms with Crippen molar-refractivity contribution in [1.29, 1.82) is 0 Å². The Bertz CT molecular complexity index is 1310. The Morgan fingerprint density at radius 3 is 2.42 bits per heavy atom. The van der Waals surface area contributed by atoms with E-state index in [1.54, 1.807) is 18.2 Å². The third-order valence-electron chi connectivity index (χ3n) is 6.31. The number of carbonyl (C=O) groups is 2. The first-order chi connectivity index (χ1) is 17.2. The van der Waals surface area contributed by atoms with Gasteiger partial charge in [-0.05, 0) is 35.6 Å². The summed E-state index contributed by atoms with van der Waals surface area (Å²) in [5, 5.41) is 14.8. The van der Waals surface area contributed by atoms with Gasteiger partial charge in [0.25, 0.3) is 10.1 Å². The van der Waals surface area contributed by atoms with Crippen molar-refractivity contribution in [3.05, 3.63) is 71.8 Å². The molecule has 0 aromatic heterocycles. The molecule has 2 aromatic carbocycles. The van der Waals surface area contributed by atoms with Gasteiger partial charge in [0, 0.05) is 23.0 Å². The maximum Gasteiger partial charge on any atom is 0.315 e. The fraction of sp³-hybridized carbons (Fsp3) is 0.308. The lowest BCUT2D eigenvalue weighted by atomic mass is 9.93. The number of carboxylic acids is 1. The number of hydrogen-bond donors (Lipinski definition) is 4. The van der Waals surface area contributed by atoms with Crippen molar-refractivity contribution in [3.63, 3.8) is 0 Å². The van der Waals surface area contributed by atoms with Crippen molar-refractivity contribution in [3.8, 4) is 11.1 Å². The second-order valence-electron chi connectivity index (χ2n) is 8.76. The van der Waals surface area contributed by atoms with E-state index in [1.165, 1.54) is 6.08 Å². The molecule has 4 N–H and O–H groups in total. The van der Waals surface area contributed by atoms with Crippen molar-refractivity contribution in [2.24, 2.45) is 0 Å². The highest BCUT2D eigenvalue weighted by molar-refractivity contribution is 8.00. The van der Waals surface area contributed by atoms with E-state index in [4.69, 9.17) is 5.11 Å². The number of rotatable bonds is 6. The van der Waals surface area contributed by atoms with E-state index in [0.29, 0.717) is 10.8 Å². The molecular formula is C26H28N2O6S2. The second-order valence-corrected chi connectivity index (χ2v) is 11.4. The largest absolute Gasteiger partial charge is 0.481 e. The lowest BCUT2D eigenvalue weighted by Gasteiger charge is -2.16. The number of urea groups is 1. The SMILES string of the molecule is O=C(O)CCCC[C@@H]1SC[C@@H]2NC(=O)N[C@@H]21.O=S(=O)(O)C1=C/C=C\c2ccccc2-c2ccccc21. The van der Waals surface area contributed by atoms with E-state index in [-0.39, 0.29) is 29.4 Å². The summed E-state index contributed by atoms with van der Waals surface area (Å²) < 4.78 is 32.6. The molecule has 2 fully saturated rings. The minimum atomic E-state index is -4.27. The number of hydrogen-bond acceptors (Lipinski definition) is 5. The van der Waals surface area contributed by atoms with Gasteiger partial charge in [-0.15, -0.1) is 0 Å². The van der Waals surface area contributed by atoms with Gasteiger partial charge in [-0.1, -0.05) is 67.1 Å². The van der Waals surface area contributed by atoms with Crippen molar-refractivity contribution in [2.45, 2.75) is 43.0 Å². The van der Waals surface area contributed by atoms with Gasteiger partial charge >= 0.3 is 12.0 Å². The van der Waals surface area contributed by atoms with Crippen LogP contribution < -0.4 is 10.6 Å². The van der Waals surface area contributed by atoms with Crippen LogP contribution in [-0.2, 0) is 14.9 Å². The highest BCUT2D eigenvalue weighted by Gasteiger charge is 2.42. The topological polar surface area (TPSA) is 133 Å². The number of allylic oxidation sites excluding steroid dienone is 2. The van der Waals surface area contributed by atoms with E-state index in [1.807, 2.05) is 54.2 Å². The summed E-state index contributed by atoms with van der Waals surface area (Å²) in [6.45, 7) is 0. The van der Waals surface area contributed by atoms with Crippen LogP contribution in [0.3, 0.4) is 0 Å². The Hall–Kier alpha value is -3.08. The number of nitrogens with one attached hydrogen (secondary N) is 2. The fourth-order valence-electron chi connectivity index (χ4n) is 4.64. The Morgan fingerprint density at radius 2 is 1.69 bits per heavy atom. The number of aliphatic carboxylic acids is 1. The number of amides is 2. The minimum absolute atomic E-state index is 0.0640. The number of carbonyl (C=O) groups excluding carboxylic acids is 1. The molecule has 190 valence electrons. The molecule has 2 heterocycles. The standard InChI is InChI=1S/C16H12O3S.C10H16N2O3S/c17-20(18,19)16-11-5-7-12-6-1-2-8-13(12)14-9-3-4-10-15(14)16;13-8(14)4-2-1-3-7-9-6(5-16-7)11-10(15)12-9/h1-11H,(H,17,18,19);6-7,9H,1-5H2,(H,13,14)(H2,11,12,15)/b7-5-,11-5?,12-7?,14-13?,16-11?,16-15?;/t;6-,7-,9-/m.0/s1. The zero-order chi connectivity index (χ0) is 25.7. The van der Waals surface area contributed by atoms with Crippen LogP contribution in [0.25, 0.3) is 22.1 Å². The zero-order valence-electron chi connectivity index (χ0n) is 19.5. The predicted molar refractivity (Wildman–Crippen MR) is 142 cm³/mol. The van der Waals surface area contributed by atoms with Crippen LogP contribution in [0, 0.1) is 0 Å². The summed E-state index contributed by atoms with van der Waals surface area (Å²) in [4.78, 5) is 21.4. The first-order valence-corrected chi connectivity index (χ1v) is 14.2. The van der Waals surface area contributed by atoms with Gasteiger partial charge < -0.3 is 15.7 Å². The molecule has 0 radical (unpaired) electrons. The molecule has 5 rings (SSSR count). The van der Waals surface area contributed by atoms with Crippen LogP contribution in [0.2, 0.25) is 0 Å². The minimum Gasteiger partial charge on any atom is -0.481 e. The number of benzene rings is 2. The Morgan fingerprint density at radius 1 is 1.00 bits per heavy atom. The first kappa shape index (κ1) is 26.0. The van der Waals surface area contributed by atoms with Crippen molar-refractivity contribution in [2.75, 3.05) is 5.75 Å². The number of unbranched alkanes of at least 4 members (excludes halogenated alkanes) is 1. The van der Waals surface area contributed by atoms with E-state index < -0.39 is 16.1 Å². The van der Waals surface area contributed by atoms with E-state index in [0.717, 1.165) is 41.7 Å². The molecule has 10 heteroatoms. The molecule has 0 unspecified atom stereocenters. The average Bonchev–Trinajstić information content (AvgIpc) is 3.37. The normalized spacial score (nSPS) is 22.8. The van der Waals surface area contributed by atoms with Gasteiger partial charge in [0.05, 0.1) is 12.1 Å². The highest BCUT2D eigenvalue weighted by Crippen LogP contribution is 2.35. The van der Waals surface area contributed by atoms with Crippen LogP contribution in [0.4, 0.5) is 4.79 Å². The lowest BCUT2D eigenvalue weighted by Crippen LogP contribution is -2.36. The van der Waals surface area contributed by atoms with Crippen LogP contribution in [0.15, 0.2) is 60.7 Å². The smallest absolute Gasteiger partial charge is 0.315 e. The number of thioether (sulfide) groups is 1. The van der Waals surface area contributed by atoms with Gasteiger partial charge in [0.2, 0.25) is 0 Å². The average molecular weight is 529 g/mol. The van der Waals surface area contributed by atoms with Gasteiger partial charge in [-0.25, -0.2) is 4.79 Å². The van der Waals surface area contributed by atoms with E-state index in [9.17, 15) is 22.6 Å². The van der Waals surface area contributed by atoms with E-state index in [2.05, 4.69) is 10.6 Å². The van der Waals surface area contributed by atoms with Gasteiger partial charge in [-0.2, -0.15) is 20.2 Å². The molecular weight excluding hydrogens is 500 g/mol. The molecule has 8 nitrogen and oxygen atoms in total. The van der Waals surface area contributed by atoms with Crippen LogP contribution in [-0.4, -0.2) is 53.2 Å². The number of carboxylic acid groups (broad SMARTS) is 1. The third-order valence-corrected chi connectivity index (χ3v) is 8.73. The molecule has 2 amide bonds. The van der Waals surface area contributed by atoms with Gasteiger partial charge in [0.1, 0.15) is 4.91 Å². The monoisotopic (exact) mass is 528 g/mol. The summed E-state index contributed by atoms with van der Waals surface area (Å²) in [7, 11) is -4.27. The molecule has 0 bridgehead atoms. The summed E-state index contributed by atoms with van der Waals surface area (Å²) in [5.41, 5.74) is 3.24. The van der Waals surface area contributed by atoms with Gasteiger partial charge in [0.15, 0.2) is 0 Å². The van der Waals surface area contributed by atoms with Crippen molar-refractivity contribution < 1.29 is 27.7 Å². The molecule has 3 atom stereocenters. The van der Waals surface area contributed by atoms with E-state index >= 15 is 0 Å². The maximum atomic E-state index is 11.6. The fourth-order valence-corrected chi connectivity index (χ4v) is 6.89. The summed E-state index contributed by atoms with van der Waals surface area (Å²) in [5.74, 6) is 0.236. The predicted octanol–water partition coefficient (Wildman–Crippen LogP) is 4.41. The molecule has 2 saturated heterocycles. The summed E-state index contributed by atoms with van der Waals surface area (Å²) in [6.07, 6.45) is 7.77. The quantitative estimate of drug-likeness (QED) is 0.248. The summed E-state index contributed by atoms with van der Waals surface area (Å²) >= 11 is 1.87. The molecule has 0 saturated carbocycles. The van der Waals surface area contributed by atoms with Gasteiger partial charge in [-0.3, -0.25) is 9.35 Å². The Kier molecular flexibility index (Phi) is 8.17. The molecule has 1 aliphatic carbocycles. The molecule has 3 aliphatic rings. The second kappa shape index (κ2) is 11.3. The lowest BCUT2D eigenvalue weighted by molar-refractivity contribution is -0.137. The zero-order valence-corrected chi connectivity index (χ0v) is 21.1. The van der Waals surface area contributed by atoms with Crippen molar-refractivity contribution >= 4 is 44.9 Å². The molecule has 2 aromatic rings. The Labute approximate surface area is 214 Å². The Balaban J connectivity index is 0.000000174. The molecule has 36 heavy (non-hydrogen) atoms. The van der Waals surface area contributed by atoms with Crippen LogP contribution in [0.5, 0.6) is 0 Å².